The molecule has 1 aromatic carbocycles. The lowest BCUT2D eigenvalue weighted by Gasteiger charge is -2.06. The van der Waals surface area contributed by atoms with Crippen LogP contribution in [0.5, 0.6) is 0 Å². The quantitative estimate of drug-likeness (QED) is 0.461. The van der Waals surface area contributed by atoms with Crippen molar-refractivity contribution in [3.05, 3.63) is 64.8 Å². The number of rotatable bonds is 8. The number of benzene rings is 1. The monoisotopic (exact) mass is 353 g/mol. The summed E-state index contributed by atoms with van der Waals surface area (Å²) in [4.78, 5) is 28.6. The number of carbonyl (C=O) groups is 1. The SMILES string of the molecule is CCn1c(=O)n(CCC(=O)OCCCc2cccnc2)c2ccccc21. The van der Waals surface area contributed by atoms with Gasteiger partial charge in [-0.3, -0.25) is 18.9 Å². The molecule has 2 heterocycles. The van der Waals surface area contributed by atoms with Gasteiger partial charge >= 0.3 is 11.7 Å². The van der Waals surface area contributed by atoms with E-state index in [1.165, 1.54) is 0 Å². The molecule has 136 valence electrons. The van der Waals surface area contributed by atoms with Gasteiger partial charge in [0.25, 0.3) is 0 Å². The van der Waals surface area contributed by atoms with Crippen molar-refractivity contribution in [3.8, 4) is 0 Å². The van der Waals surface area contributed by atoms with Crippen LogP contribution in [0.15, 0.2) is 53.6 Å². The van der Waals surface area contributed by atoms with E-state index < -0.39 is 0 Å². The maximum Gasteiger partial charge on any atom is 0.329 e. The Morgan fingerprint density at radius 2 is 1.88 bits per heavy atom. The Hall–Kier alpha value is -2.89. The summed E-state index contributed by atoms with van der Waals surface area (Å²) in [7, 11) is 0. The third-order valence-electron chi connectivity index (χ3n) is 4.38. The van der Waals surface area contributed by atoms with Crippen molar-refractivity contribution in [1.29, 1.82) is 0 Å². The van der Waals surface area contributed by atoms with Crippen molar-refractivity contribution < 1.29 is 9.53 Å². The number of fused-ring (bicyclic) bond motifs is 1. The van der Waals surface area contributed by atoms with E-state index >= 15 is 0 Å². The summed E-state index contributed by atoms with van der Waals surface area (Å²) in [6.07, 6.45) is 5.32. The highest BCUT2D eigenvalue weighted by molar-refractivity contribution is 5.76. The summed E-state index contributed by atoms with van der Waals surface area (Å²) in [5, 5.41) is 0. The molecule has 0 N–H and O–H groups in total. The molecule has 0 radical (unpaired) electrons. The lowest BCUT2D eigenvalue weighted by molar-refractivity contribution is -0.144. The number of nitrogens with zero attached hydrogens (tertiary/aromatic N) is 3. The van der Waals surface area contributed by atoms with Crippen molar-refractivity contribution in [2.75, 3.05) is 6.61 Å². The third kappa shape index (κ3) is 4.02. The molecule has 2 aromatic heterocycles. The molecule has 0 aliphatic rings. The van der Waals surface area contributed by atoms with Crippen molar-refractivity contribution in [1.82, 2.24) is 14.1 Å². The fourth-order valence-electron chi connectivity index (χ4n) is 3.08. The first-order valence-electron chi connectivity index (χ1n) is 8.93. The molecule has 6 heteroatoms. The van der Waals surface area contributed by atoms with Crippen LogP contribution in [-0.2, 0) is 29.0 Å². The molecular formula is C20H23N3O3. The zero-order valence-corrected chi connectivity index (χ0v) is 14.9. The minimum absolute atomic E-state index is 0.0851. The Bertz CT molecular complexity index is 928. The number of ether oxygens (including phenoxy) is 1. The third-order valence-corrected chi connectivity index (χ3v) is 4.38. The number of hydrogen-bond acceptors (Lipinski definition) is 4. The van der Waals surface area contributed by atoms with Gasteiger partial charge in [0, 0.05) is 25.5 Å². The maximum absolute atomic E-state index is 12.5. The lowest BCUT2D eigenvalue weighted by atomic mass is 10.2. The average molecular weight is 353 g/mol. The van der Waals surface area contributed by atoms with E-state index in [9.17, 15) is 9.59 Å². The fraction of sp³-hybridized carbons (Fsp3) is 0.350. The van der Waals surface area contributed by atoms with Crippen LogP contribution in [0, 0.1) is 0 Å². The summed E-state index contributed by atoms with van der Waals surface area (Å²) < 4.78 is 8.65. The molecule has 0 unspecified atom stereocenters. The van der Waals surface area contributed by atoms with Crippen LogP contribution < -0.4 is 5.69 Å². The number of aryl methyl sites for hydroxylation is 3. The van der Waals surface area contributed by atoms with E-state index in [0.717, 1.165) is 29.4 Å². The molecule has 26 heavy (non-hydrogen) atoms. The van der Waals surface area contributed by atoms with E-state index in [4.69, 9.17) is 4.74 Å². The van der Waals surface area contributed by atoms with Crippen LogP contribution >= 0.6 is 0 Å². The highest BCUT2D eigenvalue weighted by Gasteiger charge is 2.13. The highest BCUT2D eigenvalue weighted by atomic mass is 16.5. The number of aromatic nitrogens is 3. The standard InChI is InChI=1S/C20H23N3O3/c1-2-22-17-9-3-4-10-18(17)23(20(22)25)13-11-19(24)26-14-6-8-16-7-5-12-21-15-16/h3-5,7,9-10,12,15H,2,6,8,11,13-14H2,1H3. The van der Waals surface area contributed by atoms with Crippen molar-refractivity contribution in [3.63, 3.8) is 0 Å². The summed E-state index contributed by atoms with van der Waals surface area (Å²) in [6, 6.07) is 11.5. The van der Waals surface area contributed by atoms with E-state index in [1.54, 1.807) is 15.3 Å². The van der Waals surface area contributed by atoms with Gasteiger partial charge in [0.1, 0.15) is 0 Å². The Balaban J connectivity index is 1.53. The first kappa shape index (κ1) is 17.9. The zero-order valence-electron chi connectivity index (χ0n) is 14.9. The Morgan fingerprint density at radius 3 is 2.58 bits per heavy atom. The van der Waals surface area contributed by atoms with Crippen LogP contribution in [0.4, 0.5) is 0 Å². The minimum atomic E-state index is -0.281. The molecule has 0 saturated heterocycles. The van der Waals surface area contributed by atoms with Gasteiger partial charge in [-0.05, 0) is 43.5 Å². The molecule has 0 bridgehead atoms. The molecule has 3 aromatic rings. The molecular weight excluding hydrogens is 330 g/mol. The summed E-state index contributed by atoms with van der Waals surface area (Å²) in [5.74, 6) is -0.281. The van der Waals surface area contributed by atoms with E-state index in [-0.39, 0.29) is 18.1 Å². The average Bonchev–Trinajstić information content (AvgIpc) is 2.95. The number of carbonyl (C=O) groups excluding carboxylic acids is 1. The van der Waals surface area contributed by atoms with E-state index in [2.05, 4.69) is 4.98 Å². The molecule has 0 spiro atoms. The molecule has 6 nitrogen and oxygen atoms in total. The summed E-state index contributed by atoms with van der Waals surface area (Å²) in [6.45, 7) is 3.24. The van der Waals surface area contributed by atoms with E-state index in [1.807, 2.05) is 49.5 Å². The smallest absolute Gasteiger partial charge is 0.329 e. The second-order valence-electron chi connectivity index (χ2n) is 6.10. The van der Waals surface area contributed by atoms with Gasteiger partial charge in [-0.25, -0.2) is 4.79 Å². The number of esters is 1. The van der Waals surface area contributed by atoms with Crippen molar-refractivity contribution in [2.45, 2.75) is 39.3 Å². The van der Waals surface area contributed by atoms with Gasteiger partial charge < -0.3 is 4.74 Å². The molecule has 0 amide bonds. The van der Waals surface area contributed by atoms with Gasteiger partial charge in [0.15, 0.2) is 0 Å². The lowest BCUT2D eigenvalue weighted by Crippen LogP contribution is -2.25. The highest BCUT2D eigenvalue weighted by Crippen LogP contribution is 2.13. The maximum atomic E-state index is 12.5. The second kappa shape index (κ2) is 8.47. The number of imidazole rings is 1. The molecule has 0 atom stereocenters. The molecule has 0 fully saturated rings. The summed E-state index contributed by atoms with van der Waals surface area (Å²) >= 11 is 0. The minimum Gasteiger partial charge on any atom is -0.466 e. The van der Waals surface area contributed by atoms with Gasteiger partial charge in [-0.15, -0.1) is 0 Å². The Kier molecular flexibility index (Phi) is 5.84. The van der Waals surface area contributed by atoms with Crippen molar-refractivity contribution >= 4 is 17.0 Å². The first-order valence-corrected chi connectivity index (χ1v) is 8.93. The molecule has 3 rings (SSSR count). The number of hydrogen-bond donors (Lipinski definition) is 0. The normalized spacial score (nSPS) is 11.0. The number of para-hydroxylation sites is 2. The topological polar surface area (TPSA) is 66.1 Å². The fourth-order valence-corrected chi connectivity index (χ4v) is 3.08. The van der Waals surface area contributed by atoms with Crippen LogP contribution in [-0.4, -0.2) is 26.7 Å². The largest absolute Gasteiger partial charge is 0.466 e. The predicted octanol–water partition coefficient (Wildman–Crippen LogP) is 2.78. The molecule has 0 aliphatic carbocycles. The second-order valence-corrected chi connectivity index (χ2v) is 6.10. The van der Waals surface area contributed by atoms with Gasteiger partial charge in [-0.1, -0.05) is 18.2 Å². The Labute approximate surface area is 152 Å². The van der Waals surface area contributed by atoms with Gasteiger partial charge in [0.05, 0.1) is 24.1 Å². The van der Waals surface area contributed by atoms with Crippen LogP contribution in [0.3, 0.4) is 0 Å². The molecule has 0 aliphatic heterocycles. The predicted molar refractivity (Wildman–Crippen MR) is 100 cm³/mol. The van der Waals surface area contributed by atoms with Crippen LogP contribution in [0.25, 0.3) is 11.0 Å². The summed E-state index contributed by atoms with van der Waals surface area (Å²) in [5.41, 5.74) is 2.79. The van der Waals surface area contributed by atoms with Crippen molar-refractivity contribution in [2.24, 2.45) is 0 Å². The molecule has 0 saturated carbocycles. The van der Waals surface area contributed by atoms with Crippen LogP contribution in [0.1, 0.15) is 25.3 Å². The first-order chi connectivity index (χ1) is 12.7. The zero-order chi connectivity index (χ0) is 18.4. The van der Waals surface area contributed by atoms with Gasteiger partial charge in [0.2, 0.25) is 0 Å². The van der Waals surface area contributed by atoms with Crippen LogP contribution in [0.2, 0.25) is 0 Å². The van der Waals surface area contributed by atoms with E-state index in [0.29, 0.717) is 19.7 Å². The number of pyridine rings is 1. The Morgan fingerprint density at radius 1 is 1.12 bits per heavy atom. The van der Waals surface area contributed by atoms with Gasteiger partial charge in [-0.2, -0.15) is 0 Å².